The molecule has 1 rings (SSSR count). The zero-order chi connectivity index (χ0) is 11.6. The Labute approximate surface area is 83.8 Å². The van der Waals surface area contributed by atoms with E-state index in [0.29, 0.717) is 0 Å². The van der Waals surface area contributed by atoms with Crippen LogP contribution in [0.3, 0.4) is 0 Å². The molecule has 0 aliphatic carbocycles. The smallest absolute Gasteiger partial charge is 0.341 e. The molecular formula is C7H8N2O6. The lowest BCUT2D eigenvalue weighted by Crippen LogP contribution is -2.55. The predicted molar refractivity (Wildman–Crippen MR) is 41.6 cm³/mol. The number of esters is 2. The summed E-state index contributed by atoms with van der Waals surface area (Å²) in [6.45, 7) is -0.710. The first-order valence-electron chi connectivity index (χ1n) is 3.85. The van der Waals surface area contributed by atoms with E-state index < -0.39 is 36.5 Å². The molecular weight excluding hydrogens is 208 g/mol. The fourth-order valence-electron chi connectivity index (χ4n) is 0.846. The number of hydrogen-bond donors (Lipinski definition) is 3. The summed E-state index contributed by atoms with van der Waals surface area (Å²) < 4.78 is 8.70. The first-order valence-corrected chi connectivity index (χ1v) is 3.85. The highest BCUT2D eigenvalue weighted by Gasteiger charge is 2.42. The van der Waals surface area contributed by atoms with Crippen molar-refractivity contribution in [3.63, 3.8) is 0 Å². The van der Waals surface area contributed by atoms with Crippen molar-refractivity contribution in [3.05, 3.63) is 0 Å². The minimum atomic E-state index is -2.14. The average Bonchev–Trinajstić information content (AvgIpc) is 2.22. The van der Waals surface area contributed by atoms with Crippen LogP contribution in [0.15, 0.2) is 0 Å². The number of aliphatic hydroxyl groups excluding tert-OH is 2. The summed E-state index contributed by atoms with van der Waals surface area (Å²) in [6, 6.07) is 1.40. The van der Waals surface area contributed by atoms with Crippen LogP contribution in [0.2, 0.25) is 0 Å². The van der Waals surface area contributed by atoms with Gasteiger partial charge in [0.15, 0.2) is 18.8 Å². The lowest BCUT2D eigenvalue weighted by Gasteiger charge is -2.27. The molecule has 3 atom stereocenters. The van der Waals surface area contributed by atoms with Crippen LogP contribution in [0.4, 0.5) is 0 Å². The molecule has 8 heteroatoms. The van der Waals surface area contributed by atoms with Crippen molar-refractivity contribution < 1.29 is 29.3 Å². The fraction of sp³-hybridized carbons (Fsp3) is 0.571. The fourth-order valence-corrected chi connectivity index (χ4v) is 0.846. The van der Waals surface area contributed by atoms with Crippen LogP contribution in [0.25, 0.3) is 0 Å². The van der Waals surface area contributed by atoms with E-state index in [1.54, 1.807) is 0 Å². The van der Waals surface area contributed by atoms with Crippen molar-refractivity contribution in [1.82, 2.24) is 0 Å². The first kappa shape index (κ1) is 11.4. The molecule has 0 amide bonds. The number of carbonyl (C=O) groups excluding carboxylic acids is 2. The van der Waals surface area contributed by atoms with E-state index in [2.05, 4.69) is 9.47 Å². The maximum atomic E-state index is 11.0. The Hall–Kier alpha value is -1.69. The molecule has 0 saturated carbocycles. The molecule has 0 spiro atoms. The molecule has 0 bridgehead atoms. The molecule has 0 aromatic carbocycles. The molecule has 0 radical (unpaired) electrons. The second-order valence-corrected chi connectivity index (χ2v) is 2.92. The van der Waals surface area contributed by atoms with Crippen molar-refractivity contribution in [2.75, 3.05) is 6.61 Å². The Bertz CT molecular complexity index is 337. The van der Waals surface area contributed by atoms with E-state index in [9.17, 15) is 9.59 Å². The van der Waals surface area contributed by atoms with E-state index in [-0.39, 0.29) is 0 Å². The summed E-state index contributed by atoms with van der Waals surface area (Å²) in [5, 5.41) is 26.6. The van der Waals surface area contributed by atoms with Crippen LogP contribution in [0.1, 0.15) is 0 Å². The third-order valence-corrected chi connectivity index (χ3v) is 1.68. The minimum Gasteiger partial charge on any atom is -0.457 e. The quantitative estimate of drug-likeness (QED) is 0.363. The van der Waals surface area contributed by atoms with Crippen molar-refractivity contribution in [3.8, 4) is 6.07 Å². The monoisotopic (exact) mass is 216 g/mol. The highest BCUT2D eigenvalue weighted by Crippen LogP contribution is 2.12. The van der Waals surface area contributed by atoms with E-state index in [0.717, 1.165) is 0 Å². The molecule has 82 valence electrons. The molecule has 8 nitrogen and oxygen atoms in total. The van der Waals surface area contributed by atoms with Gasteiger partial charge in [-0.15, -0.1) is 0 Å². The standard InChI is InChI=1S/C7H8N2O6/c8-1-7(9)2-14-5(12)3(10)4(11)6(13)15-7/h3-4,10-11H,2,9H2. The van der Waals surface area contributed by atoms with Gasteiger partial charge in [0.2, 0.25) is 0 Å². The summed E-state index contributed by atoms with van der Waals surface area (Å²) in [6.07, 6.45) is -4.16. The Balaban J connectivity index is 2.92. The SMILES string of the molecule is N#CC1(N)COC(=O)C(O)C(O)C(=O)O1. The van der Waals surface area contributed by atoms with Crippen molar-refractivity contribution in [1.29, 1.82) is 5.26 Å². The van der Waals surface area contributed by atoms with E-state index >= 15 is 0 Å². The molecule has 0 aromatic rings. The van der Waals surface area contributed by atoms with Gasteiger partial charge in [-0.25, -0.2) is 9.59 Å². The zero-order valence-corrected chi connectivity index (χ0v) is 7.41. The molecule has 1 aliphatic heterocycles. The van der Waals surface area contributed by atoms with Gasteiger partial charge < -0.3 is 19.7 Å². The molecule has 1 saturated heterocycles. The number of hydrogen-bond acceptors (Lipinski definition) is 8. The lowest BCUT2D eigenvalue weighted by atomic mass is 10.2. The number of cyclic esters (lactones) is 2. The second-order valence-electron chi connectivity index (χ2n) is 2.92. The predicted octanol–water partition coefficient (Wildman–Crippen LogP) is -3.01. The number of carbonyl (C=O) groups is 2. The molecule has 0 aromatic heterocycles. The maximum absolute atomic E-state index is 11.0. The van der Waals surface area contributed by atoms with E-state index in [1.165, 1.54) is 6.07 Å². The van der Waals surface area contributed by atoms with Gasteiger partial charge in [-0.3, -0.25) is 5.73 Å². The Morgan fingerprint density at radius 1 is 1.40 bits per heavy atom. The minimum absolute atomic E-state index is 0.710. The zero-order valence-electron chi connectivity index (χ0n) is 7.41. The van der Waals surface area contributed by atoms with Gasteiger partial charge >= 0.3 is 11.9 Å². The average molecular weight is 216 g/mol. The molecule has 1 heterocycles. The normalized spacial score (nSPS) is 36.9. The number of nitrogens with two attached hydrogens (primary N) is 1. The van der Waals surface area contributed by atoms with Gasteiger partial charge in [0.1, 0.15) is 6.07 Å². The first-order chi connectivity index (χ1) is 6.89. The van der Waals surface area contributed by atoms with Crippen LogP contribution >= 0.6 is 0 Å². The third kappa shape index (κ3) is 2.21. The number of nitrogens with zero attached hydrogens (tertiary/aromatic N) is 1. The largest absolute Gasteiger partial charge is 0.457 e. The molecule has 3 unspecified atom stereocenters. The van der Waals surface area contributed by atoms with Crippen molar-refractivity contribution >= 4 is 11.9 Å². The van der Waals surface area contributed by atoms with Crippen LogP contribution in [0, 0.1) is 11.3 Å². The van der Waals surface area contributed by atoms with Gasteiger partial charge in [0.25, 0.3) is 5.72 Å². The Morgan fingerprint density at radius 2 is 1.93 bits per heavy atom. The summed E-state index contributed by atoms with van der Waals surface area (Å²) in [4.78, 5) is 21.9. The Kier molecular flexibility index (Phi) is 2.90. The Morgan fingerprint density at radius 3 is 2.47 bits per heavy atom. The van der Waals surface area contributed by atoms with Crippen molar-refractivity contribution in [2.24, 2.45) is 5.73 Å². The molecule has 15 heavy (non-hydrogen) atoms. The third-order valence-electron chi connectivity index (χ3n) is 1.68. The summed E-state index contributed by atoms with van der Waals surface area (Å²) in [5.74, 6) is -2.60. The number of aliphatic hydroxyl groups is 2. The highest BCUT2D eigenvalue weighted by atomic mass is 16.6. The molecule has 1 fully saturated rings. The van der Waals surface area contributed by atoms with Gasteiger partial charge in [-0.2, -0.15) is 5.26 Å². The number of rotatable bonds is 0. The highest BCUT2D eigenvalue weighted by molar-refractivity contribution is 5.86. The van der Waals surface area contributed by atoms with Gasteiger partial charge in [-0.05, 0) is 0 Å². The lowest BCUT2D eigenvalue weighted by molar-refractivity contribution is -0.194. The molecule has 1 aliphatic rings. The number of ether oxygens (including phenoxy) is 2. The van der Waals surface area contributed by atoms with Crippen LogP contribution in [-0.4, -0.2) is 46.7 Å². The van der Waals surface area contributed by atoms with Gasteiger partial charge in [-0.1, -0.05) is 0 Å². The van der Waals surface area contributed by atoms with Crippen molar-refractivity contribution in [2.45, 2.75) is 17.9 Å². The maximum Gasteiger partial charge on any atom is 0.341 e. The topological polar surface area (TPSA) is 143 Å². The molecule has 4 N–H and O–H groups in total. The van der Waals surface area contributed by atoms with Gasteiger partial charge in [0, 0.05) is 0 Å². The van der Waals surface area contributed by atoms with Crippen LogP contribution < -0.4 is 5.73 Å². The second kappa shape index (κ2) is 3.82. The van der Waals surface area contributed by atoms with Crippen LogP contribution in [0.5, 0.6) is 0 Å². The van der Waals surface area contributed by atoms with Gasteiger partial charge in [0.05, 0.1) is 0 Å². The van der Waals surface area contributed by atoms with E-state index in [1.807, 2.05) is 0 Å². The summed E-state index contributed by atoms with van der Waals surface area (Å²) >= 11 is 0. The summed E-state index contributed by atoms with van der Waals surface area (Å²) in [7, 11) is 0. The number of nitriles is 1. The summed E-state index contributed by atoms with van der Waals surface area (Å²) in [5.41, 5.74) is 3.07. The van der Waals surface area contributed by atoms with E-state index in [4.69, 9.17) is 21.2 Å². The van der Waals surface area contributed by atoms with Crippen LogP contribution in [-0.2, 0) is 19.1 Å².